The van der Waals surface area contributed by atoms with Crippen LogP contribution in [-0.2, 0) is 13.1 Å². The summed E-state index contributed by atoms with van der Waals surface area (Å²) in [6.07, 6.45) is 0. The molecular weight excluding hydrogens is 348 g/mol. The van der Waals surface area contributed by atoms with Crippen LogP contribution in [0.25, 0.3) is 0 Å². The Bertz CT molecular complexity index is 606. The Kier molecular flexibility index (Phi) is 5.76. The molecule has 0 aliphatic heterocycles. The second-order valence-electron chi connectivity index (χ2n) is 4.74. The van der Waals surface area contributed by atoms with Gasteiger partial charge in [-0.05, 0) is 24.6 Å². The predicted octanol–water partition coefficient (Wildman–Crippen LogP) is 3.42. The van der Waals surface area contributed by atoms with E-state index in [4.69, 9.17) is 0 Å². The largest absolute Gasteiger partial charge is 0.351 e. The molecule has 2 rings (SSSR count). The number of nitrogens with one attached hydrogen (secondary N) is 1. The number of aryl methyl sites for hydroxylation is 1. The molecule has 0 fully saturated rings. The number of guanidine groups is 1. The summed E-state index contributed by atoms with van der Waals surface area (Å²) in [6.45, 7) is 3.60. The van der Waals surface area contributed by atoms with Gasteiger partial charge in [0.15, 0.2) is 5.96 Å². The van der Waals surface area contributed by atoms with E-state index in [1.807, 2.05) is 19.5 Å². The van der Waals surface area contributed by atoms with Gasteiger partial charge in [0, 0.05) is 30.0 Å². The standard InChI is InChI=1S/C15H19BrN4S/c1-11-14(21-10-19-11)8-18-15(17-2)20(3)9-12-4-6-13(16)7-5-12/h4-7,10H,8-9H2,1-3H3,(H,17,18). The maximum absolute atomic E-state index is 4.34. The zero-order valence-corrected chi connectivity index (χ0v) is 14.8. The summed E-state index contributed by atoms with van der Waals surface area (Å²) >= 11 is 5.12. The molecule has 0 unspecified atom stereocenters. The first-order chi connectivity index (χ1) is 10.1. The molecule has 1 N–H and O–H groups in total. The predicted molar refractivity (Wildman–Crippen MR) is 92.7 cm³/mol. The number of benzene rings is 1. The Balaban J connectivity index is 1.94. The first-order valence-electron chi connectivity index (χ1n) is 6.65. The first-order valence-corrected chi connectivity index (χ1v) is 8.32. The van der Waals surface area contributed by atoms with Crippen molar-refractivity contribution in [1.29, 1.82) is 0 Å². The maximum Gasteiger partial charge on any atom is 0.193 e. The third-order valence-corrected chi connectivity index (χ3v) is 4.62. The van der Waals surface area contributed by atoms with E-state index < -0.39 is 0 Å². The molecule has 21 heavy (non-hydrogen) atoms. The molecule has 112 valence electrons. The SMILES string of the molecule is CN=C(NCc1scnc1C)N(C)Cc1ccc(Br)cc1. The van der Waals surface area contributed by atoms with Crippen molar-refractivity contribution in [1.82, 2.24) is 15.2 Å². The third kappa shape index (κ3) is 4.54. The lowest BCUT2D eigenvalue weighted by Crippen LogP contribution is -2.38. The molecule has 0 saturated heterocycles. The molecular formula is C15H19BrN4S. The molecule has 2 aromatic rings. The van der Waals surface area contributed by atoms with Crippen LogP contribution in [0.3, 0.4) is 0 Å². The molecule has 0 bridgehead atoms. The van der Waals surface area contributed by atoms with Crippen LogP contribution in [-0.4, -0.2) is 29.9 Å². The van der Waals surface area contributed by atoms with Crippen molar-refractivity contribution in [3.05, 3.63) is 50.4 Å². The minimum absolute atomic E-state index is 0.758. The van der Waals surface area contributed by atoms with Crippen LogP contribution in [0.1, 0.15) is 16.1 Å². The monoisotopic (exact) mass is 366 g/mol. The Hall–Kier alpha value is -1.40. The molecule has 0 aliphatic carbocycles. The van der Waals surface area contributed by atoms with Crippen LogP contribution in [0, 0.1) is 6.92 Å². The Morgan fingerprint density at radius 1 is 1.38 bits per heavy atom. The number of hydrogen-bond acceptors (Lipinski definition) is 3. The highest BCUT2D eigenvalue weighted by molar-refractivity contribution is 9.10. The quantitative estimate of drug-likeness (QED) is 0.665. The van der Waals surface area contributed by atoms with Gasteiger partial charge in [0.1, 0.15) is 0 Å². The van der Waals surface area contributed by atoms with Crippen LogP contribution in [0.5, 0.6) is 0 Å². The molecule has 0 atom stereocenters. The van der Waals surface area contributed by atoms with E-state index in [2.05, 4.69) is 60.4 Å². The van der Waals surface area contributed by atoms with Crippen LogP contribution >= 0.6 is 27.3 Å². The lowest BCUT2D eigenvalue weighted by Gasteiger charge is -2.22. The minimum atomic E-state index is 0.758. The lowest BCUT2D eigenvalue weighted by atomic mass is 10.2. The van der Waals surface area contributed by atoms with Crippen LogP contribution < -0.4 is 5.32 Å². The van der Waals surface area contributed by atoms with Crippen molar-refractivity contribution < 1.29 is 0 Å². The fraction of sp³-hybridized carbons (Fsp3) is 0.333. The number of thiazole rings is 1. The van der Waals surface area contributed by atoms with E-state index in [1.165, 1.54) is 10.4 Å². The summed E-state index contributed by atoms with van der Waals surface area (Å²) in [6, 6.07) is 8.34. The first kappa shape index (κ1) is 16.0. The van der Waals surface area contributed by atoms with Gasteiger partial charge in [0.2, 0.25) is 0 Å². The minimum Gasteiger partial charge on any atom is -0.351 e. The number of nitrogens with zero attached hydrogens (tertiary/aromatic N) is 3. The zero-order chi connectivity index (χ0) is 15.2. The Labute approximate surface area is 138 Å². The topological polar surface area (TPSA) is 40.5 Å². The van der Waals surface area contributed by atoms with Crippen molar-refractivity contribution in [2.24, 2.45) is 4.99 Å². The molecule has 1 aromatic carbocycles. The van der Waals surface area contributed by atoms with Gasteiger partial charge in [-0.15, -0.1) is 11.3 Å². The van der Waals surface area contributed by atoms with Crippen molar-refractivity contribution in [2.45, 2.75) is 20.0 Å². The van der Waals surface area contributed by atoms with E-state index in [9.17, 15) is 0 Å². The second-order valence-corrected chi connectivity index (χ2v) is 6.60. The van der Waals surface area contributed by atoms with E-state index in [0.29, 0.717) is 0 Å². The van der Waals surface area contributed by atoms with Gasteiger partial charge in [-0.1, -0.05) is 28.1 Å². The van der Waals surface area contributed by atoms with Gasteiger partial charge < -0.3 is 10.2 Å². The summed E-state index contributed by atoms with van der Waals surface area (Å²) in [4.78, 5) is 12.0. The van der Waals surface area contributed by atoms with E-state index >= 15 is 0 Å². The summed E-state index contributed by atoms with van der Waals surface area (Å²) in [7, 11) is 3.84. The second kappa shape index (κ2) is 7.56. The maximum atomic E-state index is 4.34. The normalized spacial score (nSPS) is 11.5. The van der Waals surface area contributed by atoms with Gasteiger partial charge in [-0.25, -0.2) is 4.98 Å². The number of rotatable bonds is 4. The lowest BCUT2D eigenvalue weighted by molar-refractivity contribution is 0.477. The van der Waals surface area contributed by atoms with Gasteiger partial charge in [0.05, 0.1) is 17.7 Å². The molecule has 0 radical (unpaired) electrons. The average Bonchev–Trinajstić information content (AvgIpc) is 2.88. The highest BCUT2D eigenvalue weighted by Gasteiger charge is 2.08. The van der Waals surface area contributed by atoms with E-state index in [0.717, 1.165) is 29.2 Å². The third-order valence-electron chi connectivity index (χ3n) is 3.16. The highest BCUT2D eigenvalue weighted by atomic mass is 79.9. The zero-order valence-electron chi connectivity index (χ0n) is 12.4. The van der Waals surface area contributed by atoms with E-state index in [1.54, 1.807) is 18.4 Å². The molecule has 1 aromatic heterocycles. The number of hydrogen-bond donors (Lipinski definition) is 1. The molecule has 4 nitrogen and oxygen atoms in total. The van der Waals surface area contributed by atoms with Gasteiger partial charge >= 0.3 is 0 Å². The van der Waals surface area contributed by atoms with Crippen molar-refractivity contribution >= 4 is 33.2 Å². The van der Waals surface area contributed by atoms with Crippen molar-refractivity contribution in [3.63, 3.8) is 0 Å². The van der Waals surface area contributed by atoms with E-state index in [-0.39, 0.29) is 0 Å². The van der Waals surface area contributed by atoms with Crippen LogP contribution in [0.2, 0.25) is 0 Å². The van der Waals surface area contributed by atoms with Crippen LogP contribution in [0.15, 0.2) is 39.2 Å². The molecule has 0 saturated carbocycles. The Morgan fingerprint density at radius 3 is 2.67 bits per heavy atom. The summed E-state index contributed by atoms with van der Waals surface area (Å²) in [5, 5.41) is 3.38. The summed E-state index contributed by atoms with van der Waals surface area (Å²) in [5.41, 5.74) is 4.21. The molecule has 0 aliphatic rings. The molecule has 0 spiro atoms. The molecule has 0 amide bonds. The van der Waals surface area contributed by atoms with Crippen molar-refractivity contribution in [2.75, 3.05) is 14.1 Å². The summed E-state index contributed by atoms with van der Waals surface area (Å²) in [5.74, 6) is 0.880. The number of halogens is 1. The number of aliphatic imine (C=N–C) groups is 1. The summed E-state index contributed by atoms with van der Waals surface area (Å²) < 4.78 is 1.09. The van der Waals surface area contributed by atoms with Gasteiger partial charge in [-0.2, -0.15) is 0 Å². The Morgan fingerprint density at radius 2 is 2.10 bits per heavy atom. The van der Waals surface area contributed by atoms with Gasteiger partial charge in [-0.3, -0.25) is 4.99 Å². The molecule has 1 heterocycles. The fourth-order valence-corrected chi connectivity index (χ4v) is 2.96. The highest BCUT2D eigenvalue weighted by Crippen LogP contribution is 2.13. The smallest absolute Gasteiger partial charge is 0.193 e. The molecule has 6 heteroatoms. The van der Waals surface area contributed by atoms with Crippen molar-refractivity contribution in [3.8, 4) is 0 Å². The van der Waals surface area contributed by atoms with Gasteiger partial charge in [0.25, 0.3) is 0 Å². The fourth-order valence-electron chi connectivity index (χ4n) is 1.98. The van der Waals surface area contributed by atoms with Crippen LogP contribution in [0.4, 0.5) is 0 Å². The average molecular weight is 367 g/mol. The number of aromatic nitrogens is 1.